The van der Waals surface area contributed by atoms with Crippen molar-refractivity contribution in [1.82, 2.24) is 0 Å². The quantitative estimate of drug-likeness (QED) is 0.812. The summed E-state index contributed by atoms with van der Waals surface area (Å²) < 4.78 is 0. The van der Waals surface area contributed by atoms with Crippen molar-refractivity contribution in [3.8, 4) is 0 Å². The van der Waals surface area contributed by atoms with Gasteiger partial charge >= 0.3 is 0 Å². The zero-order valence-corrected chi connectivity index (χ0v) is 10.1. The Morgan fingerprint density at radius 3 is 2.53 bits per heavy atom. The molecule has 0 saturated carbocycles. The van der Waals surface area contributed by atoms with E-state index in [1.165, 1.54) is 22.4 Å². The molecule has 2 aromatic carbocycles. The molecule has 1 heterocycles. The Morgan fingerprint density at radius 1 is 1.06 bits per heavy atom. The minimum Gasteiger partial charge on any atom is -0.378 e. The highest BCUT2D eigenvalue weighted by atomic mass is 14.9. The lowest BCUT2D eigenvalue weighted by Gasteiger charge is -2.12. The molecule has 0 saturated heterocycles. The summed E-state index contributed by atoms with van der Waals surface area (Å²) in [5, 5.41) is 3.59. The smallest absolute Gasteiger partial charge is 0.0555 e. The minimum atomic E-state index is 0.443. The predicted octanol–water partition coefficient (Wildman–Crippen LogP) is 3.96. The van der Waals surface area contributed by atoms with Gasteiger partial charge in [-0.2, -0.15) is 0 Å². The first-order valence-electron chi connectivity index (χ1n) is 6.30. The highest BCUT2D eigenvalue weighted by Gasteiger charge is 2.20. The molecule has 1 aliphatic heterocycles. The van der Waals surface area contributed by atoms with Crippen molar-refractivity contribution >= 4 is 5.69 Å². The average molecular weight is 223 g/mol. The Kier molecular flexibility index (Phi) is 2.60. The number of aryl methyl sites for hydroxylation is 1. The van der Waals surface area contributed by atoms with Crippen molar-refractivity contribution in [1.29, 1.82) is 0 Å². The minimum absolute atomic E-state index is 0.443. The number of benzene rings is 2. The van der Waals surface area contributed by atoms with Crippen LogP contribution in [0.4, 0.5) is 5.69 Å². The molecule has 0 amide bonds. The first-order chi connectivity index (χ1) is 8.36. The lowest BCUT2D eigenvalue weighted by molar-refractivity contribution is 0.823. The topological polar surface area (TPSA) is 12.0 Å². The van der Waals surface area contributed by atoms with E-state index in [0.717, 1.165) is 12.8 Å². The van der Waals surface area contributed by atoms with Crippen LogP contribution in [-0.2, 0) is 12.8 Å². The molecule has 0 aliphatic carbocycles. The zero-order chi connectivity index (χ0) is 11.7. The van der Waals surface area contributed by atoms with E-state index >= 15 is 0 Å². The summed E-state index contributed by atoms with van der Waals surface area (Å²) in [6.07, 6.45) is 2.21. The van der Waals surface area contributed by atoms with E-state index in [2.05, 4.69) is 60.8 Å². The summed E-state index contributed by atoms with van der Waals surface area (Å²) in [4.78, 5) is 0. The van der Waals surface area contributed by atoms with Gasteiger partial charge in [0, 0.05) is 5.69 Å². The third-order valence-corrected chi connectivity index (χ3v) is 3.56. The Morgan fingerprint density at radius 2 is 1.82 bits per heavy atom. The highest BCUT2D eigenvalue weighted by Crippen LogP contribution is 2.33. The molecule has 0 aromatic heterocycles. The van der Waals surface area contributed by atoms with Gasteiger partial charge in [0.05, 0.1) is 6.04 Å². The fourth-order valence-electron chi connectivity index (χ4n) is 2.48. The van der Waals surface area contributed by atoms with E-state index in [-0.39, 0.29) is 0 Å². The van der Waals surface area contributed by atoms with E-state index < -0.39 is 0 Å². The Balaban J connectivity index is 1.83. The molecule has 0 fully saturated rings. The molecule has 1 atom stereocenters. The number of hydrogen-bond acceptors (Lipinski definition) is 1. The van der Waals surface area contributed by atoms with Gasteiger partial charge in [0.15, 0.2) is 0 Å². The largest absolute Gasteiger partial charge is 0.378 e. The first kappa shape index (κ1) is 10.4. The molecular formula is C16H17N. The van der Waals surface area contributed by atoms with Crippen molar-refractivity contribution in [2.24, 2.45) is 0 Å². The molecule has 1 aliphatic rings. The molecule has 1 nitrogen and oxygen atoms in total. The molecule has 86 valence electrons. The maximum Gasteiger partial charge on any atom is 0.0555 e. The van der Waals surface area contributed by atoms with Gasteiger partial charge in [-0.3, -0.25) is 0 Å². The average Bonchev–Trinajstić information content (AvgIpc) is 2.82. The Labute approximate surface area is 102 Å². The van der Waals surface area contributed by atoms with E-state index in [1.807, 2.05) is 0 Å². The van der Waals surface area contributed by atoms with Gasteiger partial charge in [-0.25, -0.2) is 0 Å². The van der Waals surface area contributed by atoms with Gasteiger partial charge in [-0.15, -0.1) is 0 Å². The fraction of sp³-hybridized carbons (Fsp3) is 0.250. The molecule has 3 rings (SSSR count). The summed E-state index contributed by atoms with van der Waals surface area (Å²) >= 11 is 0. The van der Waals surface area contributed by atoms with Crippen LogP contribution < -0.4 is 5.32 Å². The standard InChI is InChI=1S/C16H17N/c1-2-12-7-9-13(10-8-12)16-11-14-5-3-4-6-15(14)17-16/h3-10,16-17H,2,11H2,1H3. The van der Waals surface area contributed by atoms with Crippen molar-refractivity contribution in [2.45, 2.75) is 25.8 Å². The number of para-hydroxylation sites is 1. The summed E-state index contributed by atoms with van der Waals surface area (Å²) in [5.74, 6) is 0. The zero-order valence-electron chi connectivity index (χ0n) is 10.1. The van der Waals surface area contributed by atoms with Crippen LogP contribution in [0.2, 0.25) is 0 Å². The molecule has 1 heteroatoms. The van der Waals surface area contributed by atoms with Gasteiger partial charge in [-0.05, 0) is 35.6 Å². The second-order valence-corrected chi connectivity index (χ2v) is 4.65. The molecule has 1 unspecified atom stereocenters. The van der Waals surface area contributed by atoms with Gasteiger partial charge in [-0.1, -0.05) is 49.4 Å². The normalized spacial score (nSPS) is 17.6. The third kappa shape index (κ3) is 1.93. The number of anilines is 1. The van der Waals surface area contributed by atoms with E-state index in [9.17, 15) is 0 Å². The summed E-state index contributed by atoms with van der Waals surface area (Å²) in [6, 6.07) is 18.0. The second kappa shape index (κ2) is 4.25. The summed E-state index contributed by atoms with van der Waals surface area (Å²) in [7, 11) is 0. The summed E-state index contributed by atoms with van der Waals surface area (Å²) in [6.45, 7) is 2.19. The van der Waals surface area contributed by atoms with Crippen molar-refractivity contribution in [2.75, 3.05) is 5.32 Å². The lowest BCUT2D eigenvalue weighted by Crippen LogP contribution is -2.05. The number of nitrogens with one attached hydrogen (secondary N) is 1. The van der Waals surface area contributed by atoms with Crippen molar-refractivity contribution in [3.63, 3.8) is 0 Å². The SMILES string of the molecule is CCc1ccc(C2Cc3ccccc3N2)cc1. The van der Waals surface area contributed by atoms with Gasteiger partial charge in [0.1, 0.15) is 0 Å². The third-order valence-electron chi connectivity index (χ3n) is 3.56. The molecule has 0 radical (unpaired) electrons. The van der Waals surface area contributed by atoms with Crippen LogP contribution >= 0.6 is 0 Å². The Bertz CT molecular complexity index is 488. The van der Waals surface area contributed by atoms with Crippen LogP contribution in [0.5, 0.6) is 0 Å². The van der Waals surface area contributed by atoms with Crippen LogP contribution in [0, 0.1) is 0 Å². The monoisotopic (exact) mass is 223 g/mol. The van der Waals surface area contributed by atoms with E-state index in [0.29, 0.717) is 6.04 Å². The van der Waals surface area contributed by atoms with Gasteiger partial charge in [0.2, 0.25) is 0 Å². The number of hydrogen-bond donors (Lipinski definition) is 1. The Hall–Kier alpha value is -1.76. The molecule has 0 bridgehead atoms. The molecule has 1 N–H and O–H groups in total. The van der Waals surface area contributed by atoms with E-state index in [1.54, 1.807) is 0 Å². The lowest BCUT2D eigenvalue weighted by atomic mass is 10.0. The number of rotatable bonds is 2. The summed E-state index contributed by atoms with van der Waals surface area (Å²) in [5.41, 5.74) is 5.51. The van der Waals surface area contributed by atoms with Crippen LogP contribution in [0.1, 0.15) is 29.7 Å². The van der Waals surface area contributed by atoms with Crippen LogP contribution in [0.3, 0.4) is 0 Å². The maximum atomic E-state index is 3.59. The highest BCUT2D eigenvalue weighted by molar-refractivity contribution is 5.58. The van der Waals surface area contributed by atoms with Crippen LogP contribution in [0.15, 0.2) is 48.5 Å². The fourth-order valence-corrected chi connectivity index (χ4v) is 2.48. The van der Waals surface area contributed by atoms with Gasteiger partial charge in [0.25, 0.3) is 0 Å². The first-order valence-corrected chi connectivity index (χ1v) is 6.30. The molecule has 0 spiro atoms. The van der Waals surface area contributed by atoms with E-state index in [4.69, 9.17) is 0 Å². The molecular weight excluding hydrogens is 206 g/mol. The van der Waals surface area contributed by atoms with Crippen molar-refractivity contribution < 1.29 is 0 Å². The van der Waals surface area contributed by atoms with Gasteiger partial charge < -0.3 is 5.32 Å². The molecule has 2 aromatic rings. The molecule has 17 heavy (non-hydrogen) atoms. The van der Waals surface area contributed by atoms with Crippen molar-refractivity contribution in [3.05, 3.63) is 65.2 Å². The number of fused-ring (bicyclic) bond motifs is 1. The second-order valence-electron chi connectivity index (χ2n) is 4.65. The maximum absolute atomic E-state index is 3.59. The predicted molar refractivity (Wildman–Crippen MR) is 72.3 cm³/mol. The van der Waals surface area contributed by atoms with Crippen LogP contribution in [0.25, 0.3) is 0 Å². The van der Waals surface area contributed by atoms with Crippen LogP contribution in [-0.4, -0.2) is 0 Å².